The number of nitrogens with one attached hydrogen (secondary N) is 2. The van der Waals surface area contributed by atoms with Crippen LogP contribution in [0.15, 0.2) is 53.4 Å². The van der Waals surface area contributed by atoms with Crippen LogP contribution in [0.4, 0.5) is 13.2 Å². The van der Waals surface area contributed by atoms with E-state index in [1.165, 1.54) is 24.3 Å². The van der Waals surface area contributed by atoms with E-state index in [-0.39, 0.29) is 22.2 Å². The van der Waals surface area contributed by atoms with E-state index in [2.05, 4.69) is 10.9 Å². The van der Waals surface area contributed by atoms with Gasteiger partial charge in [0.15, 0.2) is 0 Å². The van der Waals surface area contributed by atoms with Crippen LogP contribution in [-0.2, 0) is 6.42 Å². The van der Waals surface area contributed by atoms with Crippen LogP contribution in [0, 0.1) is 0 Å². The van der Waals surface area contributed by atoms with Gasteiger partial charge in [-0.1, -0.05) is 31.2 Å². The maximum Gasteiger partial charge on any atom is 0.446 e. The molecule has 0 saturated heterocycles. The number of alkyl halides is 3. The summed E-state index contributed by atoms with van der Waals surface area (Å²) in [6.07, 6.45) is 0.826. The molecular weight excluding hydrogens is 353 g/mol. The molecule has 0 aliphatic rings. The third-order valence-corrected chi connectivity index (χ3v) is 4.08. The van der Waals surface area contributed by atoms with Gasteiger partial charge in [0, 0.05) is 10.5 Å². The van der Waals surface area contributed by atoms with E-state index in [0.717, 1.165) is 12.0 Å². The van der Waals surface area contributed by atoms with Crippen molar-refractivity contribution in [3.05, 3.63) is 65.2 Å². The summed E-state index contributed by atoms with van der Waals surface area (Å²) in [6.45, 7) is 1.98. The number of amides is 2. The number of aryl methyl sites for hydroxylation is 1. The van der Waals surface area contributed by atoms with Crippen molar-refractivity contribution in [2.75, 3.05) is 0 Å². The number of carbonyl (C=O) groups excluding carboxylic acids is 2. The van der Waals surface area contributed by atoms with E-state index in [4.69, 9.17) is 0 Å². The van der Waals surface area contributed by atoms with Gasteiger partial charge in [-0.25, -0.2) is 0 Å². The molecule has 0 spiro atoms. The number of benzene rings is 2. The summed E-state index contributed by atoms with van der Waals surface area (Å²) in [4.78, 5) is 23.8. The fourth-order valence-corrected chi connectivity index (χ4v) is 2.68. The first-order chi connectivity index (χ1) is 11.8. The largest absolute Gasteiger partial charge is 0.446 e. The number of hydrazine groups is 1. The molecule has 0 bridgehead atoms. The highest BCUT2D eigenvalue weighted by Gasteiger charge is 2.31. The summed E-state index contributed by atoms with van der Waals surface area (Å²) in [5, 5.41) is 0. The zero-order chi connectivity index (χ0) is 18.4. The standard InChI is InChI=1S/C17H15F3N2O2S/c1-2-11-7-9-12(10-8-11)15(23)21-22-16(24)13-5-3-4-6-14(13)25-17(18,19)20/h3-10H,2H2,1H3,(H,21,23)(H,22,24). The van der Waals surface area contributed by atoms with Crippen molar-refractivity contribution in [2.45, 2.75) is 23.7 Å². The molecule has 2 aromatic carbocycles. The molecule has 2 aromatic rings. The Morgan fingerprint density at radius 3 is 2.16 bits per heavy atom. The average molecular weight is 368 g/mol. The maximum absolute atomic E-state index is 12.5. The van der Waals surface area contributed by atoms with Gasteiger partial charge in [0.05, 0.1) is 5.56 Å². The third kappa shape index (κ3) is 5.53. The molecule has 0 aliphatic carbocycles. The lowest BCUT2D eigenvalue weighted by Crippen LogP contribution is -2.41. The Bertz CT molecular complexity index is 761. The van der Waals surface area contributed by atoms with Crippen LogP contribution in [0.1, 0.15) is 33.2 Å². The van der Waals surface area contributed by atoms with Gasteiger partial charge in [-0.2, -0.15) is 13.2 Å². The number of rotatable bonds is 4. The molecule has 0 saturated carbocycles. The van der Waals surface area contributed by atoms with E-state index in [9.17, 15) is 22.8 Å². The molecule has 2 N–H and O–H groups in total. The number of halogens is 3. The Labute approximate surface area is 146 Å². The molecular formula is C17H15F3N2O2S. The van der Waals surface area contributed by atoms with Gasteiger partial charge in [-0.3, -0.25) is 20.4 Å². The van der Waals surface area contributed by atoms with Crippen LogP contribution in [0.3, 0.4) is 0 Å². The van der Waals surface area contributed by atoms with Crippen LogP contribution < -0.4 is 10.9 Å². The smallest absolute Gasteiger partial charge is 0.267 e. The highest BCUT2D eigenvalue weighted by atomic mass is 32.2. The maximum atomic E-state index is 12.5. The van der Waals surface area contributed by atoms with Gasteiger partial charge in [0.25, 0.3) is 11.8 Å². The summed E-state index contributed by atoms with van der Waals surface area (Å²) in [5.74, 6) is -1.39. The molecule has 0 aliphatic heterocycles. The topological polar surface area (TPSA) is 58.2 Å². The lowest BCUT2D eigenvalue weighted by Gasteiger charge is -2.12. The highest BCUT2D eigenvalue weighted by Crippen LogP contribution is 2.38. The quantitative estimate of drug-likeness (QED) is 0.635. The lowest BCUT2D eigenvalue weighted by atomic mass is 10.1. The second-order valence-corrected chi connectivity index (χ2v) is 6.11. The molecule has 0 unspecified atom stereocenters. The van der Waals surface area contributed by atoms with Crippen molar-refractivity contribution in [3.8, 4) is 0 Å². The minimum Gasteiger partial charge on any atom is -0.267 e. The first kappa shape index (κ1) is 18.9. The van der Waals surface area contributed by atoms with Gasteiger partial charge < -0.3 is 0 Å². The summed E-state index contributed by atoms with van der Waals surface area (Å²) in [7, 11) is 0. The lowest BCUT2D eigenvalue weighted by molar-refractivity contribution is -0.0328. The Hall–Kier alpha value is -2.48. The van der Waals surface area contributed by atoms with Gasteiger partial charge >= 0.3 is 5.51 Å². The summed E-state index contributed by atoms with van der Waals surface area (Å²) in [5.41, 5.74) is 1.02. The fraction of sp³-hybridized carbons (Fsp3) is 0.176. The van der Waals surface area contributed by atoms with Crippen molar-refractivity contribution in [1.82, 2.24) is 10.9 Å². The Kier molecular flexibility index (Phi) is 6.08. The first-order valence-corrected chi connectivity index (χ1v) is 8.16. The predicted molar refractivity (Wildman–Crippen MR) is 89.1 cm³/mol. The normalized spacial score (nSPS) is 11.0. The number of hydrogen-bond donors (Lipinski definition) is 2. The van der Waals surface area contributed by atoms with Crippen molar-refractivity contribution < 1.29 is 22.8 Å². The molecule has 0 aromatic heterocycles. The van der Waals surface area contributed by atoms with E-state index in [1.807, 2.05) is 6.92 Å². The van der Waals surface area contributed by atoms with Crippen molar-refractivity contribution in [1.29, 1.82) is 0 Å². The number of carbonyl (C=O) groups is 2. The van der Waals surface area contributed by atoms with Crippen molar-refractivity contribution in [2.24, 2.45) is 0 Å². The second kappa shape index (κ2) is 8.06. The van der Waals surface area contributed by atoms with E-state index in [1.54, 1.807) is 24.3 Å². The number of hydrogen-bond acceptors (Lipinski definition) is 3. The minimum atomic E-state index is -4.51. The fourth-order valence-electron chi connectivity index (χ4n) is 2.01. The second-order valence-electron chi connectivity index (χ2n) is 5.00. The molecule has 132 valence electrons. The zero-order valence-corrected chi connectivity index (χ0v) is 14.0. The molecule has 0 fully saturated rings. The zero-order valence-electron chi connectivity index (χ0n) is 13.2. The Morgan fingerprint density at radius 2 is 1.56 bits per heavy atom. The molecule has 4 nitrogen and oxygen atoms in total. The van der Waals surface area contributed by atoms with Crippen LogP contribution in [0.2, 0.25) is 0 Å². The van der Waals surface area contributed by atoms with Crippen LogP contribution in [0.5, 0.6) is 0 Å². The van der Waals surface area contributed by atoms with E-state index in [0.29, 0.717) is 5.56 Å². The molecule has 2 rings (SSSR count). The molecule has 0 atom stereocenters. The Balaban J connectivity index is 2.03. The molecule has 0 heterocycles. The molecule has 8 heteroatoms. The van der Waals surface area contributed by atoms with Gasteiger partial charge in [0.2, 0.25) is 0 Å². The SMILES string of the molecule is CCc1ccc(C(=O)NNC(=O)c2ccccc2SC(F)(F)F)cc1. The van der Waals surface area contributed by atoms with Gasteiger partial charge in [-0.05, 0) is 48.0 Å². The Morgan fingerprint density at radius 1 is 0.960 bits per heavy atom. The summed E-state index contributed by atoms with van der Waals surface area (Å²) < 4.78 is 37.6. The first-order valence-electron chi connectivity index (χ1n) is 7.34. The average Bonchev–Trinajstić information content (AvgIpc) is 2.58. The predicted octanol–water partition coefficient (Wildman–Crippen LogP) is 3.94. The monoisotopic (exact) mass is 368 g/mol. The van der Waals surface area contributed by atoms with Crippen molar-refractivity contribution in [3.63, 3.8) is 0 Å². The molecule has 25 heavy (non-hydrogen) atoms. The van der Waals surface area contributed by atoms with Crippen molar-refractivity contribution >= 4 is 23.6 Å². The molecule has 0 radical (unpaired) electrons. The third-order valence-electron chi connectivity index (χ3n) is 3.27. The summed E-state index contributed by atoms with van der Waals surface area (Å²) in [6, 6.07) is 12.1. The van der Waals surface area contributed by atoms with E-state index >= 15 is 0 Å². The number of thioether (sulfide) groups is 1. The van der Waals surface area contributed by atoms with Gasteiger partial charge in [0.1, 0.15) is 0 Å². The molecule has 2 amide bonds. The van der Waals surface area contributed by atoms with Crippen LogP contribution >= 0.6 is 11.8 Å². The van der Waals surface area contributed by atoms with Crippen LogP contribution in [0.25, 0.3) is 0 Å². The van der Waals surface area contributed by atoms with Gasteiger partial charge in [-0.15, -0.1) is 0 Å². The minimum absolute atomic E-state index is 0.175. The van der Waals surface area contributed by atoms with Crippen LogP contribution in [-0.4, -0.2) is 17.3 Å². The van der Waals surface area contributed by atoms with E-state index < -0.39 is 17.3 Å². The summed E-state index contributed by atoms with van der Waals surface area (Å²) >= 11 is -0.383. The highest BCUT2D eigenvalue weighted by molar-refractivity contribution is 8.00.